The van der Waals surface area contributed by atoms with Gasteiger partial charge in [0.1, 0.15) is 0 Å². The van der Waals surface area contributed by atoms with Gasteiger partial charge in [-0.05, 0) is 18.1 Å². The van der Waals surface area contributed by atoms with Crippen molar-refractivity contribution < 1.29 is 4.79 Å². The van der Waals surface area contributed by atoms with Gasteiger partial charge in [-0.2, -0.15) is 0 Å². The van der Waals surface area contributed by atoms with Gasteiger partial charge in [-0.1, -0.05) is 95.8 Å². The molecule has 2 nitrogen and oxygen atoms in total. The molecule has 0 N–H and O–H groups in total. The van der Waals surface area contributed by atoms with Crippen molar-refractivity contribution in [2.24, 2.45) is 0 Å². The van der Waals surface area contributed by atoms with Crippen LogP contribution in [0.1, 0.15) is 89.5 Å². The molecule has 0 unspecified atom stereocenters. The molecule has 1 aromatic carbocycles. The summed E-state index contributed by atoms with van der Waals surface area (Å²) in [5.41, 5.74) is 2.34. The molecule has 0 radical (unpaired) electrons. The first-order valence-electron chi connectivity index (χ1n) is 10.2. The molecule has 1 amide bonds. The van der Waals surface area contributed by atoms with Gasteiger partial charge in [-0.15, -0.1) is 0 Å². The van der Waals surface area contributed by atoms with Gasteiger partial charge < -0.3 is 4.90 Å². The van der Waals surface area contributed by atoms with Crippen molar-refractivity contribution in [2.45, 2.75) is 90.4 Å². The summed E-state index contributed by atoms with van der Waals surface area (Å²) in [4.78, 5) is 14.1. The van der Waals surface area contributed by atoms with E-state index in [0.29, 0.717) is 6.42 Å². The lowest BCUT2D eigenvalue weighted by Gasteiger charge is -2.17. The molecule has 2 heteroatoms. The molecule has 1 heterocycles. The summed E-state index contributed by atoms with van der Waals surface area (Å²) in [5.74, 6) is 0.277. The van der Waals surface area contributed by atoms with Crippen molar-refractivity contribution in [3.63, 3.8) is 0 Å². The lowest BCUT2D eigenvalue weighted by Crippen LogP contribution is -2.27. The number of fused-ring (bicyclic) bond motifs is 1. The number of anilines is 1. The molecule has 24 heavy (non-hydrogen) atoms. The van der Waals surface area contributed by atoms with Crippen LogP contribution in [0.5, 0.6) is 0 Å². The van der Waals surface area contributed by atoms with Crippen molar-refractivity contribution in [1.82, 2.24) is 0 Å². The molecule has 1 aliphatic rings. The first kappa shape index (κ1) is 19.0. The second-order valence-corrected chi connectivity index (χ2v) is 7.24. The number of rotatable bonds is 13. The van der Waals surface area contributed by atoms with Crippen LogP contribution in [-0.2, 0) is 11.2 Å². The summed E-state index contributed by atoms with van der Waals surface area (Å²) in [5, 5.41) is 0. The molecule has 0 aliphatic carbocycles. The quantitative estimate of drug-likeness (QED) is 0.390. The zero-order chi connectivity index (χ0) is 17.0. The first-order chi connectivity index (χ1) is 11.8. The molecular formula is C22H35NO. The van der Waals surface area contributed by atoms with Gasteiger partial charge in [-0.3, -0.25) is 4.79 Å². The van der Waals surface area contributed by atoms with Gasteiger partial charge in [0.05, 0.1) is 6.42 Å². The van der Waals surface area contributed by atoms with E-state index in [2.05, 4.69) is 19.1 Å². The minimum absolute atomic E-state index is 0.277. The maximum absolute atomic E-state index is 12.1. The van der Waals surface area contributed by atoms with Crippen molar-refractivity contribution >= 4 is 11.6 Å². The predicted octanol–water partition coefficient (Wildman–Crippen LogP) is 6.28. The molecular weight excluding hydrogens is 294 g/mol. The highest BCUT2D eigenvalue weighted by Crippen LogP contribution is 2.28. The second kappa shape index (κ2) is 11.3. The summed E-state index contributed by atoms with van der Waals surface area (Å²) in [6.07, 6.45) is 16.9. The Hall–Kier alpha value is -1.31. The third-order valence-electron chi connectivity index (χ3n) is 5.16. The molecule has 1 aromatic rings. The molecule has 0 saturated heterocycles. The Bertz CT molecular complexity index is 483. The van der Waals surface area contributed by atoms with Crippen LogP contribution in [0.15, 0.2) is 24.3 Å². The molecule has 0 atom stereocenters. The lowest BCUT2D eigenvalue weighted by atomic mass is 10.1. The predicted molar refractivity (Wildman–Crippen MR) is 104 cm³/mol. The SMILES string of the molecule is CCCCCCCCCCCCCCN1C(=O)Cc2ccccc21. The molecule has 0 spiro atoms. The zero-order valence-corrected chi connectivity index (χ0v) is 15.6. The highest BCUT2D eigenvalue weighted by atomic mass is 16.2. The van der Waals surface area contributed by atoms with Crippen LogP contribution in [0, 0.1) is 0 Å². The monoisotopic (exact) mass is 329 g/mol. The maximum atomic E-state index is 12.1. The maximum Gasteiger partial charge on any atom is 0.231 e. The van der Waals surface area contributed by atoms with E-state index in [1.807, 2.05) is 17.0 Å². The van der Waals surface area contributed by atoms with Crippen LogP contribution in [0.4, 0.5) is 5.69 Å². The van der Waals surface area contributed by atoms with Gasteiger partial charge in [0.15, 0.2) is 0 Å². The minimum Gasteiger partial charge on any atom is -0.312 e. The fraction of sp³-hybridized carbons (Fsp3) is 0.682. The van der Waals surface area contributed by atoms with Crippen LogP contribution in [0.25, 0.3) is 0 Å². The average molecular weight is 330 g/mol. The van der Waals surface area contributed by atoms with Crippen LogP contribution in [0.2, 0.25) is 0 Å². The third-order valence-corrected chi connectivity index (χ3v) is 5.16. The van der Waals surface area contributed by atoms with E-state index in [-0.39, 0.29) is 5.91 Å². The number of hydrogen-bond donors (Lipinski definition) is 0. The van der Waals surface area contributed by atoms with E-state index in [0.717, 1.165) is 18.7 Å². The fourth-order valence-corrected chi connectivity index (χ4v) is 3.67. The minimum atomic E-state index is 0.277. The van der Waals surface area contributed by atoms with Crippen LogP contribution in [-0.4, -0.2) is 12.5 Å². The summed E-state index contributed by atoms with van der Waals surface area (Å²) in [6, 6.07) is 8.22. The summed E-state index contributed by atoms with van der Waals surface area (Å²) >= 11 is 0. The lowest BCUT2D eigenvalue weighted by molar-refractivity contribution is -0.117. The molecule has 0 saturated carbocycles. The van der Waals surface area contributed by atoms with E-state index < -0.39 is 0 Å². The molecule has 134 valence electrons. The largest absolute Gasteiger partial charge is 0.312 e. The van der Waals surface area contributed by atoms with Gasteiger partial charge in [-0.25, -0.2) is 0 Å². The van der Waals surface area contributed by atoms with Crippen molar-refractivity contribution in [1.29, 1.82) is 0 Å². The number of unbranched alkanes of at least 4 members (excludes halogenated alkanes) is 11. The first-order valence-corrected chi connectivity index (χ1v) is 10.2. The Morgan fingerprint density at radius 3 is 1.96 bits per heavy atom. The van der Waals surface area contributed by atoms with Crippen molar-refractivity contribution in [3.05, 3.63) is 29.8 Å². The average Bonchev–Trinajstić information content (AvgIpc) is 2.91. The number of nitrogens with zero attached hydrogens (tertiary/aromatic N) is 1. The Morgan fingerprint density at radius 2 is 1.33 bits per heavy atom. The standard InChI is InChI=1S/C22H35NO/c1-2-3-4-5-6-7-8-9-10-11-12-15-18-23-21-17-14-13-16-20(21)19-22(23)24/h13-14,16-17H,2-12,15,18-19H2,1H3. The smallest absolute Gasteiger partial charge is 0.231 e. The molecule has 1 aliphatic heterocycles. The number of para-hydroxylation sites is 1. The molecule has 0 aromatic heterocycles. The van der Waals surface area contributed by atoms with E-state index >= 15 is 0 Å². The normalized spacial score (nSPS) is 13.5. The summed E-state index contributed by atoms with van der Waals surface area (Å²) < 4.78 is 0. The number of hydrogen-bond acceptors (Lipinski definition) is 1. The van der Waals surface area contributed by atoms with E-state index in [4.69, 9.17) is 0 Å². The van der Waals surface area contributed by atoms with Crippen molar-refractivity contribution in [3.8, 4) is 0 Å². The molecule has 0 fully saturated rings. The van der Waals surface area contributed by atoms with E-state index in [9.17, 15) is 4.79 Å². The highest BCUT2D eigenvalue weighted by Gasteiger charge is 2.25. The number of benzene rings is 1. The Kier molecular flexibility index (Phi) is 8.94. The number of amides is 1. The van der Waals surface area contributed by atoms with Gasteiger partial charge in [0, 0.05) is 12.2 Å². The summed E-state index contributed by atoms with van der Waals surface area (Å²) in [6.45, 7) is 3.17. The topological polar surface area (TPSA) is 20.3 Å². The Labute approximate surface area is 148 Å². The van der Waals surface area contributed by atoms with Gasteiger partial charge in [0.25, 0.3) is 0 Å². The highest BCUT2D eigenvalue weighted by molar-refractivity contribution is 6.01. The van der Waals surface area contributed by atoms with Crippen molar-refractivity contribution in [2.75, 3.05) is 11.4 Å². The van der Waals surface area contributed by atoms with Gasteiger partial charge in [0.2, 0.25) is 5.91 Å². The molecule has 2 rings (SSSR count). The molecule has 0 bridgehead atoms. The van der Waals surface area contributed by atoms with E-state index in [1.165, 1.54) is 76.2 Å². The fourth-order valence-electron chi connectivity index (χ4n) is 3.67. The Balaban J connectivity index is 1.45. The van der Waals surface area contributed by atoms with Crippen LogP contribution < -0.4 is 4.90 Å². The van der Waals surface area contributed by atoms with Crippen LogP contribution >= 0.6 is 0 Å². The zero-order valence-electron chi connectivity index (χ0n) is 15.6. The third kappa shape index (κ3) is 6.30. The second-order valence-electron chi connectivity index (χ2n) is 7.24. The van der Waals surface area contributed by atoms with E-state index in [1.54, 1.807) is 0 Å². The number of carbonyl (C=O) groups excluding carboxylic acids is 1. The number of carbonyl (C=O) groups is 1. The van der Waals surface area contributed by atoms with Crippen LogP contribution in [0.3, 0.4) is 0 Å². The summed E-state index contributed by atoms with van der Waals surface area (Å²) in [7, 11) is 0. The Morgan fingerprint density at radius 1 is 0.792 bits per heavy atom. The van der Waals surface area contributed by atoms with Gasteiger partial charge >= 0.3 is 0 Å².